The van der Waals surface area contributed by atoms with Gasteiger partial charge in [0.2, 0.25) is 0 Å². The molecule has 0 aliphatic carbocycles. The maximum atomic E-state index is 12.3. The first-order valence-electron chi connectivity index (χ1n) is 5.83. The highest BCUT2D eigenvalue weighted by Gasteiger charge is 2.30. The van der Waals surface area contributed by atoms with E-state index in [2.05, 4.69) is 10.3 Å². The number of aromatic nitrogens is 1. The van der Waals surface area contributed by atoms with E-state index in [4.69, 9.17) is 5.73 Å². The summed E-state index contributed by atoms with van der Waals surface area (Å²) in [5.41, 5.74) is 7.33. The first-order chi connectivity index (χ1) is 8.87. The Morgan fingerprint density at radius 3 is 2.68 bits per heavy atom. The third-order valence-corrected chi connectivity index (χ3v) is 2.73. The smallest absolute Gasteiger partial charge is 0.391 e. The van der Waals surface area contributed by atoms with Crippen LogP contribution in [0.25, 0.3) is 10.9 Å². The van der Waals surface area contributed by atoms with E-state index in [9.17, 15) is 13.2 Å². The summed E-state index contributed by atoms with van der Waals surface area (Å²) in [7, 11) is 0. The van der Waals surface area contributed by atoms with Gasteiger partial charge >= 0.3 is 6.18 Å². The lowest BCUT2D eigenvalue weighted by Gasteiger charge is -2.19. The number of nitrogens with one attached hydrogen (secondary N) is 1. The summed E-state index contributed by atoms with van der Waals surface area (Å²) < 4.78 is 37.0. The van der Waals surface area contributed by atoms with Crippen molar-refractivity contribution in [1.82, 2.24) is 4.98 Å². The van der Waals surface area contributed by atoms with E-state index < -0.39 is 18.6 Å². The number of nitrogens with two attached hydrogens (primary N) is 1. The molecule has 0 spiro atoms. The standard InChI is InChI=1S/C13H14F3N3/c1-8(6-13(14,15)16)19-12-9-4-2-3-5-11(9)18-7-10(12)17/h2-5,7-8H,6,17H2,1H3,(H,18,19). The maximum Gasteiger partial charge on any atom is 0.391 e. The minimum Gasteiger partial charge on any atom is -0.396 e. The van der Waals surface area contributed by atoms with Crippen molar-refractivity contribution in [2.75, 3.05) is 11.1 Å². The molecule has 6 heteroatoms. The molecule has 0 aliphatic heterocycles. The topological polar surface area (TPSA) is 50.9 Å². The SMILES string of the molecule is CC(CC(F)(F)F)Nc1c(N)cnc2ccccc12. The fourth-order valence-electron chi connectivity index (χ4n) is 1.96. The molecule has 0 saturated heterocycles. The van der Waals surface area contributed by atoms with Crippen LogP contribution in [0.5, 0.6) is 0 Å². The minimum absolute atomic E-state index is 0.340. The number of hydrogen-bond acceptors (Lipinski definition) is 3. The van der Waals surface area contributed by atoms with Gasteiger partial charge in [-0.3, -0.25) is 4.98 Å². The van der Waals surface area contributed by atoms with E-state index in [1.54, 1.807) is 18.2 Å². The van der Waals surface area contributed by atoms with E-state index >= 15 is 0 Å². The summed E-state index contributed by atoms with van der Waals surface area (Å²) in [6.45, 7) is 1.47. The molecule has 0 aliphatic rings. The molecule has 0 radical (unpaired) electrons. The fourth-order valence-corrected chi connectivity index (χ4v) is 1.96. The van der Waals surface area contributed by atoms with Crippen LogP contribution in [0.1, 0.15) is 13.3 Å². The molecule has 2 rings (SSSR count). The van der Waals surface area contributed by atoms with Gasteiger partial charge in [-0.2, -0.15) is 13.2 Å². The predicted molar refractivity (Wildman–Crippen MR) is 69.9 cm³/mol. The van der Waals surface area contributed by atoms with Gasteiger partial charge < -0.3 is 11.1 Å². The van der Waals surface area contributed by atoms with Crippen LogP contribution >= 0.6 is 0 Å². The second-order valence-electron chi connectivity index (χ2n) is 4.47. The van der Waals surface area contributed by atoms with E-state index in [-0.39, 0.29) is 0 Å². The molecule has 3 nitrogen and oxygen atoms in total. The van der Waals surface area contributed by atoms with Gasteiger partial charge in [-0.1, -0.05) is 18.2 Å². The Bertz CT molecular complexity index is 581. The van der Waals surface area contributed by atoms with Crippen molar-refractivity contribution in [3.63, 3.8) is 0 Å². The lowest BCUT2D eigenvalue weighted by atomic mass is 10.1. The van der Waals surface area contributed by atoms with E-state index in [0.717, 1.165) is 5.39 Å². The number of anilines is 2. The number of halogens is 3. The summed E-state index contributed by atoms with van der Waals surface area (Å²) in [4.78, 5) is 4.14. The van der Waals surface area contributed by atoms with Crippen molar-refractivity contribution in [2.45, 2.75) is 25.6 Å². The maximum absolute atomic E-state index is 12.3. The number of rotatable bonds is 3. The Morgan fingerprint density at radius 1 is 1.32 bits per heavy atom. The van der Waals surface area contributed by atoms with Gasteiger partial charge in [0.25, 0.3) is 0 Å². The first kappa shape index (κ1) is 13.5. The average molecular weight is 269 g/mol. The van der Waals surface area contributed by atoms with E-state index in [1.807, 2.05) is 6.07 Å². The Morgan fingerprint density at radius 2 is 2.00 bits per heavy atom. The molecule has 1 aromatic heterocycles. The Hall–Kier alpha value is -1.98. The van der Waals surface area contributed by atoms with Crippen molar-refractivity contribution in [3.8, 4) is 0 Å². The van der Waals surface area contributed by atoms with Crippen molar-refractivity contribution in [3.05, 3.63) is 30.5 Å². The number of benzene rings is 1. The van der Waals surface area contributed by atoms with Crippen LogP contribution in [0.4, 0.5) is 24.5 Å². The van der Waals surface area contributed by atoms with Crippen LogP contribution < -0.4 is 11.1 Å². The molecule has 1 unspecified atom stereocenters. The molecule has 0 fully saturated rings. The molecule has 1 heterocycles. The second kappa shape index (κ2) is 4.95. The molecule has 0 saturated carbocycles. The minimum atomic E-state index is -4.20. The van der Waals surface area contributed by atoms with Gasteiger partial charge in [-0.15, -0.1) is 0 Å². The van der Waals surface area contributed by atoms with Crippen LogP contribution in [-0.4, -0.2) is 17.2 Å². The molecule has 19 heavy (non-hydrogen) atoms. The summed E-state index contributed by atoms with van der Waals surface area (Å²) in [6, 6.07) is 6.42. The zero-order valence-corrected chi connectivity index (χ0v) is 10.3. The quantitative estimate of drug-likeness (QED) is 0.895. The van der Waals surface area contributed by atoms with E-state index in [1.165, 1.54) is 13.1 Å². The molecule has 0 bridgehead atoms. The van der Waals surface area contributed by atoms with Crippen LogP contribution in [0.15, 0.2) is 30.5 Å². The zero-order chi connectivity index (χ0) is 14.0. The number of nitrogens with zero attached hydrogens (tertiary/aromatic N) is 1. The summed E-state index contributed by atoms with van der Waals surface area (Å²) >= 11 is 0. The number of pyridine rings is 1. The van der Waals surface area contributed by atoms with Gasteiger partial charge in [-0.25, -0.2) is 0 Å². The average Bonchev–Trinajstić information content (AvgIpc) is 2.31. The van der Waals surface area contributed by atoms with Gasteiger partial charge in [0.15, 0.2) is 0 Å². The molecular weight excluding hydrogens is 255 g/mol. The normalized spacial score (nSPS) is 13.5. The van der Waals surface area contributed by atoms with Gasteiger partial charge in [0.1, 0.15) is 0 Å². The number of fused-ring (bicyclic) bond motifs is 1. The molecule has 1 atom stereocenters. The van der Waals surface area contributed by atoms with Crippen LogP contribution in [0, 0.1) is 0 Å². The summed E-state index contributed by atoms with van der Waals surface area (Å²) in [5, 5.41) is 3.54. The lowest BCUT2D eigenvalue weighted by Crippen LogP contribution is -2.24. The summed E-state index contributed by atoms with van der Waals surface area (Å²) in [6.07, 6.45) is -3.67. The largest absolute Gasteiger partial charge is 0.396 e. The van der Waals surface area contributed by atoms with Gasteiger partial charge in [0, 0.05) is 11.4 Å². The highest BCUT2D eigenvalue weighted by Crippen LogP contribution is 2.30. The Balaban J connectivity index is 2.32. The molecule has 0 amide bonds. The second-order valence-corrected chi connectivity index (χ2v) is 4.47. The van der Waals surface area contributed by atoms with Crippen LogP contribution in [0.3, 0.4) is 0 Å². The molecule has 3 N–H and O–H groups in total. The number of alkyl halides is 3. The summed E-state index contributed by atoms with van der Waals surface area (Å²) in [5.74, 6) is 0. The first-order valence-corrected chi connectivity index (χ1v) is 5.83. The number of para-hydroxylation sites is 1. The molecule has 1 aromatic carbocycles. The molecular formula is C13H14F3N3. The Kier molecular flexibility index (Phi) is 3.50. The fraction of sp³-hybridized carbons (Fsp3) is 0.308. The highest BCUT2D eigenvalue weighted by atomic mass is 19.4. The number of nitrogen functional groups attached to an aromatic ring is 1. The highest BCUT2D eigenvalue weighted by molar-refractivity contribution is 5.96. The van der Waals surface area contributed by atoms with Crippen molar-refractivity contribution in [1.29, 1.82) is 0 Å². The third-order valence-electron chi connectivity index (χ3n) is 2.73. The third kappa shape index (κ3) is 3.27. The van der Waals surface area contributed by atoms with Crippen molar-refractivity contribution >= 4 is 22.3 Å². The van der Waals surface area contributed by atoms with E-state index in [0.29, 0.717) is 16.9 Å². The van der Waals surface area contributed by atoms with Crippen molar-refractivity contribution < 1.29 is 13.2 Å². The Labute approximate surface area is 108 Å². The van der Waals surface area contributed by atoms with Gasteiger partial charge in [-0.05, 0) is 13.0 Å². The van der Waals surface area contributed by atoms with Crippen molar-refractivity contribution in [2.24, 2.45) is 0 Å². The predicted octanol–water partition coefficient (Wildman–Crippen LogP) is 3.57. The number of hydrogen-bond donors (Lipinski definition) is 2. The van der Waals surface area contributed by atoms with Crippen LogP contribution in [-0.2, 0) is 0 Å². The zero-order valence-electron chi connectivity index (χ0n) is 10.3. The van der Waals surface area contributed by atoms with Crippen LogP contribution in [0.2, 0.25) is 0 Å². The molecule has 2 aromatic rings. The molecule has 102 valence electrons. The van der Waals surface area contributed by atoms with Gasteiger partial charge in [0.05, 0.1) is 29.5 Å². The monoisotopic (exact) mass is 269 g/mol. The lowest BCUT2D eigenvalue weighted by molar-refractivity contribution is -0.136.